The van der Waals surface area contributed by atoms with E-state index in [2.05, 4.69) is 21.2 Å². The van der Waals surface area contributed by atoms with Gasteiger partial charge in [-0.05, 0) is 46.3 Å². The summed E-state index contributed by atoms with van der Waals surface area (Å²) in [7, 11) is 0. The van der Waals surface area contributed by atoms with Crippen LogP contribution in [0.5, 0.6) is 5.75 Å². The van der Waals surface area contributed by atoms with Crippen molar-refractivity contribution in [3.63, 3.8) is 0 Å². The molecule has 0 aliphatic heterocycles. The quantitative estimate of drug-likeness (QED) is 0.635. The number of nitrogens with one attached hydrogen (secondary N) is 1. The number of halogens is 1. The molecule has 0 unspecified atom stereocenters. The van der Waals surface area contributed by atoms with Gasteiger partial charge < -0.3 is 21.3 Å². The smallest absolute Gasteiger partial charge is 0.339 e. The summed E-state index contributed by atoms with van der Waals surface area (Å²) in [4.78, 5) is 22.8. The highest BCUT2D eigenvalue weighted by atomic mass is 79.9. The van der Waals surface area contributed by atoms with Gasteiger partial charge in [0.2, 0.25) is 0 Å². The molecule has 0 bridgehead atoms. The number of carbonyl (C=O) groups is 2. The Morgan fingerprint density at radius 2 is 1.86 bits per heavy atom. The Morgan fingerprint density at radius 3 is 2.43 bits per heavy atom. The van der Waals surface area contributed by atoms with Crippen LogP contribution in [0.1, 0.15) is 20.7 Å². The number of amides is 1. The number of rotatable bonds is 3. The Kier molecular flexibility index (Phi) is 4.13. The van der Waals surface area contributed by atoms with Gasteiger partial charge in [-0.1, -0.05) is 0 Å². The lowest BCUT2D eigenvalue weighted by Crippen LogP contribution is -2.12. The molecule has 0 aromatic heterocycles. The average Bonchev–Trinajstić information content (AvgIpc) is 2.41. The molecular formula is C14H11BrN2O4. The zero-order valence-corrected chi connectivity index (χ0v) is 12.2. The van der Waals surface area contributed by atoms with Gasteiger partial charge in [-0.3, -0.25) is 4.79 Å². The number of hydrogen-bond donors (Lipinski definition) is 4. The Bertz CT molecular complexity index is 731. The van der Waals surface area contributed by atoms with Crippen LogP contribution in [-0.2, 0) is 0 Å². The van der Waals surface area contributed by atoms with Gasteiger partial charge in [-0.2, -0.15) is 0 Å². The maximum atomic E-state index is 12.0. The fraction of sp³-hybridized carbons (Fsp3) is 0. The number of phenols is 1. The summed E-state index contributed by atoms with van der Waals surface area (Å²) in [5.74, 6) is -2.06. The monoisotopic (exact) mass is 350 g/mol. The molecular weight excluding hydrogens is 340 g/mol. The summed E-state index contributed by atoms with van der Waals surface area (Å²) in [6.45, 7) is 0. The number of nitrogens with two attached hydrogens (primary N) is 1. The number of aromatic hydroxyl groups is 1. The second-order valence-electron chi connectivity index (χ2n) is 4.23. The van der Waals surface area contributed by atoms with Crippen molar-refractivity contribution in [2.75, 3.05) is 11.1 Å². The number of carboxylic acid groups (broad SMARTS) is 1. The van der Waals surface area contributed by atoms with Gasteiger partial charge in [0.15, 0.2) is 0 Å². The third-order valence-electron chi connectivity index (χ3n) is 2.75. The van der Waals surface area contributed by atoms with Crippen molar-refractivity contribution in [1.29, 1.82) is 0 Å². The summed E-state index contributed by atoms with van der Waals surface area (Å²) < 4.78 is 0.597. The van der Waals surface area contributed by atoms with Gasteiger partial charge in [0.1, 0.15) is 11.3 Å². The molecule has 21 heavy (non-hydrogen) atoms. The molecule has 0 aliphatic carbocycles. The zero-order chi connectivity index (χ0) is 15.6. The third-order valence-corrected chi connectivity index (χ3v) is 3.44. The van der Waals surface area contributed by atoms with E-state index >= 15 is 0 Å². The molecule has 0 heterocycles. The number of aromatic carboxylic acids is 1. The van der Waals surface area contributed by atoms with Gasteiger partial charge in [0.25, 0.3) is 5.91 Å². The number of anilines is 2. The van der Waals surface area contributed by atoms with E-state index in [-0.39, 0.29) is 11.3 Å². The third kappa shape index (κ3) is 3.32. The predicted molar refractivity (Wildman–Crippen MR) is 81.6 cm³/mol. The van der Waals surface area contributed by atoms with Gasteiger partial charge in [0, 0.05) is 27.5 Å². The van der Waals surface area contributed by atoms with Crippen molar-refractivity contribution in [2.24, 2.45) is 0 Å². The first kappa shape index (κ1) is 14.9. The fourth-order valence-electron chi connectivity index (χ4n) is 1.66. The van der Waals surface area contributed by atoms with E-state index in [1.807, 2.05) is 0 Å². The molecule has 0 fully saturated rings. The maximum Gasteiger partial charge on any atom is 0.339 e. The van der Waals surface area contributed by atoms with Crippen molar-refractivity contribution >= 4 is 39.2 Å². The van der Waals surface area contributed by atoms with Gasteiger partial charge in [0.05, 0.1) is 0 Å². The number of benzene rings is 2. The molecule has 0 spiro atoms. The normalized spacial score (nSPS) is 10.1. The van der Waals surface area contributed by atoms with E-state index in [4.69, 9.17) is 10.8 Å². The highest BCUT2D eigenvalue weighted by Gasteiger charge is 2.12. The lowest BCUT2D eigenvalue weighted by atomic mass is 10.1. The van der Waals surface area contributed by atoms with Crippen LogP contribution < -0.4 is 11.1 Å². The van der Waals surface area contributed by atoms with E-state index in [1.165, 1.54) is 18.2 Å². The van der Waals surface area contributed by atoms with Crippen molar-refractivity contribution in [1.82, 2.24) is 0 Å². The second kappa shape index (κ2) is 5.84. The van der Waals surface area contributed by atoms with Crippen molar-refractivity contribution in [3.05, 3.63) is 52.0 Å². The number of nitrogen functional groups attached to an aromatic ring is 1. The molecule has 2 aromatic rings. The molecule has 2 rings (SSSR count). The van der Waals surface area contributed by atoms with Crippen LogP contribution in [0.3, 0.4) is 0 Å². The summed E-state index contributed by atoms with van der Waals surface area (Å²) in [5, 5.41) is 20.9. The molecule has 0 aliphatic rings. The largest absolute Gasteiger partial charge is 0.507 e. The van der Waals surface area contributed by atoms with Gasteiger partial charge in [-0.25, -0.2) is 4.79 Å². The first-order valence-corrected chi connectivity index (χ1v) is 6.60. The molecule has 6 nitrogen and oxygen atoms in total. The van der Waals surface area contributed by atoms with Crippen molar-refractivity contribution < 1.29 is 19.8 Å². The lowest BCUT2D eigenvalue weighted by Gasteiger charge is -2.08. The SMILES string of the molecule is Nc1ccc(C(=O)Nc2ccc(C(=O)O)c(O)c2)cc1Br. The molecule has 2 aromatic carbocycles. The summed E-state index contributed by atoms with van der Waals surface area (Å²) in [5.41, 5.74) is 6.58. The molecule has 5 N–H and O–H groups in total. The molecule has 0 saturated heterocycles. The topological polar surface area (TPSA) is 113 Å². The second-order valence-corrected chi connectivity index (χ2v) is 5.08. The fourth-order valence-corrected chi connectivity index (χ4v) is 2.04. The van der Waals surface area contributed by atoms with Crippen LogP contribution in [0.25, 0.3) is 0 Å². The summed E-state index contributed by atoms with van der Waals surface area (Å²) in [6.07, 6.45) is 0. The van der Waals surface area contributed by atoms with Crippen LogP contribution in [0, 0.1) is 0 Å². The average molecular weight is 351 g/mol. The van der Waals surface area contributed by atoms with E-state index in [1.54, 1.807) is 18.2 Å². The highest BCUT2D eigenvalue weighted by Crippen LogP contribution is 2.24. The van der Waals surface area contributed by atoms with Crippen LogP contribution in [0.2, 0.25) is 0 Å². The van der Waals surface area contributed by atoms with Gasteiger partial charge >= 0.3 is 5.97 Å². The van der Waals surface area contributed by atoms with Crippen LogP contribution >= 0.6 is 15.9 Å². The maximum absolute atomic E-state index is 12.0. The van der Waals surface area contributed by atoms with Crippen molar-refractivity contribution in [2.45, 2.75) is 0 Å². The van der Waals surface area contributed by atoms with E-state index in [0.717, 1.165) is 0 Å². The van der Waals surface area contributed by atoms with E-state index < -0.39 is 17.6 Å². The number of hydrogen-bond acceptors (Lipinski definition) is 4. The Balaban J connectivity index is 2.21. The highest BCUT2D eigenvalue weighted by molar-refractivity contribution is 9.10. The molecule has 1 amide bonds. The zero-order valence-electron chi connectivity index (χ0n) is 10.6. The number of carbonyl (C=O) groups excluding carboxylic acids is 1. The molecule has 0 saturated carbocycles. The number of carboxylic acids is 1. The van der Waals surface area contributed by atoms with Gasteiger partial charge in [-0.15, -0.1) is 0 Å². The Labute approximate surface area is 128 Å². The lowest BCUT2D eigenvalue weighted by molar-refractivity contribution is 0.0693. The summed E-state index contributed by atoms with van der Waals surface area (Å²) >= 11 is 3.23. The van der Waals surface area contributed by atoms with Crippen molar-refractivity contribution in [3.8, 4) is 5.75 Å². The van der Waals surface area contributed by atoms with Crippen LogP contribution in [-0.4, -0.2) is 22.1 Å². The summed E-state index contributed by atoms with van der Waals surface area (Å²) in [6, 6.07) is 8.49. The molecule has 7 heteroatoms. The molecule has 0 atom stereocenters. The first-order chi connectivity index (χ1) is 9.88. The standard InChI is InChI=1S/C14H11BrN2O4/c15-10-5-7(1-4-11(10)16)13(19)17-8-2-3-9(14(20)21)12(18)6-8/h1-6,18H,16H2,(H,17,19)(H,20,21). The Hall–Kier alpha value is -2.54. The minimum absolute atomic E-state index is 0.233. The minimum Gasteiger partial charge on any atom is -0.507 e. The first-order valence-electron chi connectivity index (χ1n) is 5.81. The van der Waals surface area contributed by atoms with Crippen LogP contribution in [0.15, 0.2) is 40.9 Å². The Morgan fingerprint density at radius 1 is 1.14 bits per heavy atom. The minimum atomic E-state index is -1.24. The van der Waals surface area contributed by atoms with Crippen LogP contribution in [0.4, 0.5) is 11.4 Å². The predicted octanol–water partition coefficient (Wildman–Crippen LogP) is 2.69. The van der Waals surface area contributed by atoms with E-state index in [0.29, 0.717) is 15.7 Å². The van der Waals surface area contributed by atoms with E-state index in [9.17, 15) is 14.7 Å². The molecule has 108 valence electrons. The molecule has 0 radical (unpaired) electrons.